The van der Waals surface area contributed by atoms with Crippen molar-refractivity contribution < 1.29 is 18.8 Å². The lowest BCUT2D eigenvalue weighted by Gasteiger charge is -2.27. The molecule has 3 rings (SSSR count). The SMILES string of the molecule is CCOC(=O)C1CC[NH+](Cn2nc(-c3ccc(Cl)cc3)oc2=S)CC1. The van der Waals surface area contributed by atoms with Crippen LogP contribution in [0.1, 0.15) is 19.8 Å². The summed E-state index contributed by atoms with van der Waals surface area (Å²) < 4.78 is 12.4. The minimum atomic E-state index is -0.0791. The van der Waals surface area contributed by atoms with E-state index in [0.717, 1.165) is 31.5 Å². The van der Waals surface area contributed by atoms with Gasteiger partial charge in [-0.2, -0.15) is 4.68 Å². The molecule has 1 fully saturated rings. The van der Waals surface area contributed by atoms with Gasteiger partial charge in [0, 0.05) is 23.4 Å². The van der Waals surface area contributed by atoms with Crippen LogP contribution in [0.3, 0.4) is 0 Å². The molecule has 0 unspecified atom stereocenters. The third kappa shape index (κ3) is 4.48. The number of hydrogen-bond donors (Lipinski definition) is 1. The molecule has 1 aromatic heterocycles. The Morgan fingerprint density at radius 1 is 1.40 bits per heavy atom. The standard InChI is InChI=1S/C17H20ClN3O3S/c1-2-23-16(22)13-7-9-20(10-8-13)11-21-17(25)24-15(19-21)12-3-5-14(18)6-4-12/h3-6,13H,2,7-11H2,1H3/p+1. The number of hydrogen-bond acceptors (Lipinski definition) is 5. The predicted octanol–water partition coefficient (Wildman–Crippen LogP) is 2.34. The maximum atomic E-state index is 11.8. The van der Waals surface area contributed by atoms with Gasteiger partial charge in [-0.05, 0) is 43.4 Å². The number of aromatic nitrogens is 2. The molecule has 0 bridgehead atoms. The van der Waals surface area contributed by atoms with Gasteiger partial charge in [0.05, 0.1) is 25.6 Å². The van der Waals surface area contributed by atoms with Crippen LogP contribution in [0.15, 0.2) is 28.7 Å². The van der Waals surface area contributed by atoms with Crippen LogP contribution in [0.4, 0.5) is 0 Å². The minimum absolute atomic E-state index is 0.0126. The molecule has 8 heteroatoms. The fourth-order valence-corrected chi connectivity index (χ4v) is 3.32. The zero-order valence-electron chi connectivity index (χ0n) is 14.0. The van der Waals surface area contributed by atoms with Crippen LogP contribution in [0.25, 0.3) is 11.5 Å². The summed E-state index contributed by atoms with van der Waals surface area (Å²) in [6, 6.07) is 7.29. The Kier molecular flexibility index (Phi) is 5.88. The van der Waals surface area contributed by atoms with E-state index in [0.29, 0.717) is 29.0 Å². The Morgan fingerprint density at radius 2 is 2.08 bits per heavy atom. The van der Waals surface area contributed by atoms with Gasteiger partial charge in [0.1, 0.15) is 0 Å². The molecule has 0 saturated carbocycles. The summed E-state index contributed by atoms with van der Waals surface area (Å²) in [6.07, 6.45) is 1.65. The number of rotatable bonds is 5. The van der Waals surface area contributed by atoms with Crippen LogP contribution >= 0.6 is 23.8 Å². The van der Waals surface area contributed by atoms with Crippen molar-refractivity contribution in [2.24, 2.45) is 5.92 Å². The van der Waals surface area contributed by atoms with Gasteiger partial charge in [0.15, 0.2) is 6.67 Å². The van der Waals surface area contributed by atoms with E-state index in [4.69, 9.17) is 33.0 Å². The third-order valence-electron chi connectivity index (χ3n) is 4.38. The van der Waals surface area contributed by atoms with E-state index in [-0.39, 0.29) is 11.9 Å². The molecule has 0 atom stereocenters. The first-order valence-electron chi connectivity index (χ1n) is 8.41. The second-order valence-corrected chi connectivity index (χ2v) is 6.90. The van der Waals surface area contributed by atoms with Crippen molar-refractivity contribution in [3.63, 3.8) is 0 Å². The molecule has 1 N–H and O–H groups in total. The van der Waals surface area contributed by atoms with E-state index in [9.17, 15) is 4.79 Å². The average Bonchev–Trinajstić information content (AvgIpc) is 2.97. The highest BCUT2D eigenvalue weighted by Crippen LogP contribution is 2.20. The number of nitrogens with zero attached hydrogens (tertiary/aromatic N) is 2. The summed E-state index contributed by atoms with van der Waals surface area (Å²) >= 11 is 11.2. The molecule has 0 spiro atoms. The van der Waals surface area contributed by atoms with Crippen molar-refractivity contribution in [1.82, 2.24) is 9.78 Å². The van der Waals surface area contributed by atoms with Crippen molar-refractivity contribution in [3.8, 4) is 11.5 Å². The molecular formula is C17H21ClN3O3S+. The summed E-state index contributed by atoms with van der Waals surface area (Å²) in [5, 5.41) is 5.14. The van der Waals surface area contributed by atoms with E-state index in [2.05, 4.69) is 5.10 Å². The van der Waals surface area contributed by atoms with Gasteiger partial charge in [-0.1, -0.05) is 11.6 Å². The lowest BCUT2D eigenvalue weighted by atomic mass is 9.97. The summed E-state index contributed by atoms with van der Waals surface area (Å²) in [4.78, 5) is 13.5. The number of carbonyl (C=O) groups excluding carboxylic acids is 1. The summed E-state index contributed by atoms with van der Waals surface area (Å²) in [7, 11) is 0. The first-order valence-corrected chi connectivity index (χ1v) is 9.19. The van der Waals surface area contributed by atoms with Gasteiger partial charge in [-0.3, -0.25) is 4.79 Å². The monoisotopic (exact) mass is 382 g/mol. The Bertz CT molecular complexity index is 779. The topological polar surface area (TPSA) is 61.7 Å². The molecule has 2 aromatic rings. The molecule has 1 aliphatic heterocycles. The summed E-state index contributed by atoms with van der Waals surface area (Å²) in [6.45, 7) is 4.67. The lowest BCUT2D eigenvalue weighted by molar-refractivity contribution is -0.929. The summed E-state index contributed by atoms with van der Waals surface area (Å²) in [5.74, 6) is 0.422. The smallest absolute Gasteiger partial charge is 0.309 e. The molecule has 134 valence electrons. The number of carbonyl (C=O) groups is 1. The Balaban J connectivity index is 1.62. The molecule has 1 aromatic carbocycles. The number of piperidine rings is 1. The molecule has 0 amide bonds. The van der Waals surface area contributed by atoms with E-state index in [1.54, 1.807) is 16.8 Å². The Hall–Kier alpha value is -1.70. The average molecular weight is 383 g/mol. The summed E-state index contributed by atoms with van der Waals surface area (Å²) in [5.41, 5.74) is 0.838. The number of ether oxygens (including phenoxy) is 1. The van der Waals surface area contributed by atoms with Crippen molar-refractivity contribution in [2.45, 2.75) is 26.4 Å². The number of halogens is 1. The molecule has 0 radical (unpaired) electrons. The van der Waals surface area contributed by atoms with Crippen molar-refractivity contribution in [1.29, 1.82) is 0 Å². The molecule has 25 heavy (non-hydrogen) atoms. The molecule has 6 nitrogen and oxygen atoms in total. The van der Waals surface area contributed by atoms with Crippen molar-refractivity contribution in [2.75, 3.05) is 19.7 Å². The fraction of sp³-hybridized carbons (Fsp3) is 0.471. The number of esters is 1. The zero-order chi connectivity index (χ0) is 17.8. The van der Waals surface area contributed by atoms with Crippen LogP contribution in [-0.2, 0) is 16.2 Å². The number of quaternary nitrogens is 1. The third-order valence-corrected chi connectivity index (χ3v) is 4.93. The van der Waals surface area contributed by atoms with Crippen LogP contribution in [0, 0.1) is 10.8 Å². The maximum absolute atomic E-state index is 11.8. The number of nitrogens with one attached hydrogen (secondary N) is 1. The second kappa shape index (κ2) is 8.12. The largest absolute Gasteiger partial charge is 0.466 e. The van der Waals surface area contributed by atoms with Crippen LogP contribution in [-0.4, -0.2) is 35.4 Å². The fourth-order valence-electron chi connectivity index (χ4n) is 3.01. The molecule has 1 aliphatic rings. The van der Waals surface area contributed by atoms with E-state index in [1.807, 2.05) is 19.1 Å². The predicted molar refractivity (Wildman–Crippen MR) is 95.8 cm³/mol. The highest BCUT2D eigenvalue weighted by Gasteiger charge is 2.28. The van der Waals surface area contributed by atoms with Gasteiger partial charge < -0.3 is 14.1 Å². The van der Waals surface area contributed by atoms with E-state index in [1.165, 1.54) is 4.90 Å². The first-order chi connectivity index (χ1) is 12.1. The Morgan fingerprint density at radius 3 is 2.72 bits per heavy atom. The molecule has 1 saturated heterocycles. The maximum Gasteiger partial charge on any atom is 0.309 e. The van der Waals surface area contributed by atoms with E-state index >= 15 is 0 Å². The van der Waals surface area contributed by atoms with Gasteiger partial charge in [0.2, 0.25) is 5.89 Å². The van der Waals surface area contributed by atoms with Gasteiger partial charge >= 0.3 is 5.97 Å². The second-order valence-electron chi connectivity index (χ2n) is 6.11. The molecule has 0 aliphatic carbocycles. The normalized spacial score (nSPS) is 20.4. The first kappa shape index (κ1) is 18.1. The van der Waals surface area contributed by atoms with E-state index < -0.39 is 0 Å². The Labute approximate surface area is 156 Å². The molecular weight excluding hydrogens is 362 g/mol. The minimum Gasteiger partial charge on any atom is -0.466 e. The van der Waals surface area contributed by atoms with Gasteiger partial charge in [-0.15, -0.1) is 5.10 Å². The van der Waals surface area contributed by atoms with Crippen LogP contribution in [0.2, 0.25) is 5.02 Å². The van der Waals surface area contributed by atoms with Gasteiger partial charge in [0.25, 0.3) is 4.84 Å². The zero-order valence-corrected chi connectivity index (χ0v) is 15.6. The van der Waals surface area contributed by atoms with Crippen LogP contribution in [0.5, 0.6) is 0 Å². The molecule has 2 heterocycles. The highest BCUT2D eigenvalue weighted by atomic mass is 35.5. The van der Waals surface area contributed by atoms with Gasteiger partial charge in [-0.25, -0.2) is 0 Å². The van der Waals surface area contributed by atoms with Crippen molar-refractivity contribution >= 4 is 29.8 Å². The quantitative estimate of drug-likeness (QED) is 0.635. The van der Waals surface area contributed by atoms with Crippen LogP contribution < -0.4 is 4.90 Å². The lowest BCUT2D eigenvalue weighted by Crippen LogP contribution is -3.12. The number of benzene rings is 1. The number of likely N-dealkylation sites (tertiary alicyclic amines) is 1. The van der Waals surface area contributed by atoms with Crippen molar-refractivity contribution in [3.05, 3.63) is 34.1 Å². The highest BCUT2D eigenvalue weighted by molar-refractivity contribution is 7.71.